The molecular weight excluding hydrogens is 306 g/mol. The van der Waals surface area contributed by atoms with E-state index >= 15 is 0 Å². The summed E-state index contributed by atoms with van der Waals surface area (Å²) in [6.45, 7) is 8.88. The van der Waals surface area contributed by atoms with E-state index in [1.54, 1.807) is 18.9 Å². The van der Waals surface area contributed by atoms with Crippen molar-refractivity contribution in [1.82, 2.24) is 4.57 Å². The van der Waals surface area contributed by atoms with Gasteiger partial charge in [-0.05, 0) is 45.9 Å². The minimum absolute atomic E-state index is 0.181. The van der Waals surface area contributed by atoms with Crippen molar-refractivity contribution in [3.05, 3.63) is 52.8 Å². The van der Waals surface area contributed by atoms with E-state index in [-0.39, 0.29) is 11.8 Å². The van der Waals surface area contributed by atoms with Crippen LogP contribution in [0.2, 0.25) is 0 Å². The molecule has 1 heterocycles. The normalized spacial score (nSPS) is 12.4. The van der Waals surface area contributed by atoms with Crippen LogP contribution in [-0.4, -0.2) is 29.8 Å². The first-order valence-electron chi connectivity index (χ1n) is 7.84. The number of Topliss-reactive ketones (excluding diaryl/α,β-unsaturated/α-hetero) is 1. The molecular formula is C19H25NO2S. The zero-order valence-corrected chi connectivity index (χ0v) is 15.4. The van der Waals surface area contributed by atoms with E-state index in [1.807, 2.05) is 26.0 Å². The van der Waals surface area contributed by atoms with Gasteiger partial charge in [0.1, 0.15) is 0 Å². The van der Waals surface area contributed by atoms with Gasteiger partial charge in [0.05, 0.1) is 18.4 Å². The van der Waals surface area contributed by atoms with Gasteiger partial charge in [-0.1, -0.05) is 17.7 Å². The van der Waals surface area contributed by atoms with Gasteiger partial charge < -0.3 is 9.30 Å². The standard InChI is InChI=1S/C19H25NO2S/c1-13-7-6-8-17(9-13)23-12-19(21)18-10-14(2)20(16(18)4)15(3)11-22-5/h6-10,15H,11-12H2,1-5H3. The third kappa shape index (κ3) is 4.27. The average Bonchev–Trinajstić information content (AvgIpc) is 2.80. The lowest BCUT2D eigenvalue weighted by atomic mass is 10.2. The first kappa shape index (κ1) is 17.8. The molecule has 1 atom stereocenters. The number of ketones is 1. The zero-order chi connectivity index (χ0) is 17.0. The highest BCUT2D eigenvalue weighted by molar-refractivity contribution is 8.00. The van der Waals surface area contributed by atoms with Crippen LogP contribution >= 0.6 is 11.8 Å². The summed E-state index contributed by atoms with van der Waals surface area (Å²) in [7, 11) is 1.70. The maximum Gasteiger partial charge on any atom is 0.174 e. The number of carbonyl (C=O) groups excluding carboxylic acids is 1. The molecule has 1 unspecified atom stereocenters. The molecule has 3 nitrogen and oxygen atoms in total. The van der Waals surface area contributed by atoms with E-state index in [0.717, 1.165) is 21.8 Å². The van der Waals surface area contributed by atoms with Gasteiger partial charge in [-0.15, -0.1) is 11.8 Å². The summed E-state index contributed by atoms with van der Waals surface area (Å²) in [6.07, 6.45) is 0. The molecule has 0 bridgehead atoms. The number of methoxy groups -OCH3 is 1. The van der Waals surface area contributed by atoms with E-state index in [4.69, 9.17) is 4.74 Å². The summed E-state index contributed by atoms with van der Waals surface area (Å²) in [5.41, 5.74) is 4.18. The number of carbonyl (C=O) groups is 1. The molecule has 0 radical (unpaired) electrons. The minimum atomic E-state index is 0.181. The average molecular weight is 331 g/mol. The summed E-state index contributed by atoms with van der Waals surface area (Å²) in [5, 5.41) is 0. The second-order valence-electron chi connectivity index (χ2n) is 5.99. The highest BCUT2D eigenvalue weighted by Crippen LogP contribution is 2.24. The number of rotatable bonds is 7. The van der Waals surface area contributed by atoms with Crippen molar-refractivity contribution in [3.63, 3.8) is 0 Å². The number of hydrogen-bond donors (Lipinski definition) is 0. The van der Waals surface area contributed by atoms with Crippen LogP contribution in [0, 0.1) is 20.8 Å². The minimum Gasteiger partial charge on any atom is -0.383 e. The Hall–Kier alpha value is -1.52. The highest BCUT2D eigenvalue weighted by atomic mass is 32.2. The molecule has 4 heteroatoms. The molecule has 0 aliphatic rings. The molecule has 0 aliphatic heterocycles. The number of nitrogens with zero attached hydrogens (tertiary/aromatic N) is 1. The van der Waals surface area contributed by atoms with E-state index in [9.17, 15) is 4.79 Å². The first-order chi connectivity index (χ1) is 10.9. The Bertz CT molecular complexity index is 691. The second kappa shape index (κ2) is 7.84. The molecule has 1 aromatic heterocycles. The third-order valence-corrected chi connectivity index (χ3v) is 4.99. The van der Waals surface area contributed by atoms with Gasteiger partial charge in [0.2, 0.25) is 0 Å². The van der Waals surface area contributed by atoms with E-state index in [0.29, 0.717) is 12.4 Å². The zero-order valence-electron chi connectivity index (χ0n) is 14.6. The van der Waals surface area contributed by atoms with E-state index in [2.05, 4.69) is 36.6 Å². The van der Waals surface area contributed by atoms with Crippen LogP contribution in [0.5, 0.6) is 0 Å². The molecule has 0 saturated carbocycles. The van der Waals surface area contributed by atoms with Gasteiger partial charge in [0.15, 0.2) is 5.78 Å². The highest BCUT2D eigenvalue weighted by Gasteiger charge is 2.18. The SMILES string of the molecule is COCC(C)n1c(C)cc(C(=O)CSc2cccc(C)c2)c1C. The molecule has 0 aliphatic carbocycles. The lowest BCUT2D eigenvalue weighted by molar-refractivity contribution is 0.102. The first-order valence-corrected chi connectivity index (χ1v) is 8.82. The Morgan fingerprint density at radius 1 is 1.26 bits per heavy atom. The fraction of sp³-hybridized carbons (Fsp3) is 0.421. The Balaban J connectivity index is 2.12. The number of ether oxygens (including phenoxy) is 1. The Morgan fingerprint density at radius 3 is 2.65 bits per heavy atom. The summed E-state index contributed by atoms with van der Waals surface area (Å²) >= 11 is 1.60. The van der Waals surface area contributed by atoms with Gasteiger partial charge in [0, 0.05) is 29.0 Å². The number of benzene rings is 1. The van der Waals surface area contributed by atoms with Crippen molar-refractivity contribution < 1.29 is 9.53 Å². The Kier molecular flexibility index (Phi) is 6.08. The second-order valence-corrected chi connectivity index (χ2v) is 7.04. The number of hydrogen-bond acceptors (Lipinski definition) is 3. The van der Waals surface area contributed by atoms with Crippen LogP contribution < -0.4 is 0 Å². The van der Waals surface area contributed by atoms with Gasteiger partial charge in [-0.2, -0.15) is 0 Å². The van der Waals surface area contributed by atoms with Gasteiger partial charge in [-0.3, -0.25) is 4.79 Å². The monoisotopic (exact) mass is 331 g/mol. The fourth-order valence-corrected chi connectivity index (χ4v) is 3.88. The number of aromatic nitrogens is 1. The predicted octanol–water partition coefficient (Wildman–Crippen LogP) is 4.60. The van der Waals surface area contributed by atoms with Crippen LogP contribution in [0.1, 0.15) is 40.3 Å². The van der Waals surface area contributed by atoms with Crippen molar-refractivity contribution in [2.45, 2.75) is 38.6 Å². The van der Waals surface area contributed by atoms with E-state index in [1.165, 1.54) is 5.56 Å². The van der Waals surface area contributed by atoms with E-state index < -0.39 is 0 Å². The predicted molar refractivity (Wildman–Crippen MR) is 96.7 cm³/mol. The third-order valence-electron chi connectivity index (χ3n) is 3.99. The Morgan fingerprint density at radius 2 is 2.00 bits per heavy atom. The molecule has 0 saturated heterocycles. The van der Waals surface area contributed by atoms with Crippen molar-refractivity contribution in [1.29, 1.82) is 0 Å². The largest absolute Gasteiger partial charge is 0.383 e. The smallest absolute Gasteiger partial charge is 0.174 e. The van der Waals surface area contributed by atoms with Crippen LogP contribution in [0.15, 0.2) is 35.2 Å². The molecule has 2 aromatic rings. The van der Waals surface area contributed by atoms with Crippen LogP contribution in [0.4, 0.5) is 0 Å². The van der Waals surface area contributed by atoms with Crippen LogP contribution in [0.3, 0.4) is 0 Å². The van der Waals surface area contributed by atoms with Gasteiger partial charge in [-0.25, -0.2) is 0 Å². The molecule has 0 N–H and O–H groups in total. The lowest BCUT2D eigenvalue weighted by Gasteiger charge is -2.17. The van der Waals surface area contributed by atoms with Crippen LogP contribution in [0.25, 0.3) is 0 Å². The van der Waals surface area contributed by atoms with Gasteiger partial charge in [0.25, 0.3) is 0 Å². The van der Waals surface area contributed by atoms with Crippen molar-refractivity contribution >= 4 is 17.5 Å². The molecule has 124 valence electrons. The summed E-state index contributed by atoms with van der Waals surface area (Å²) in [4.78, 5) is 13.7. The molecule has 23 heavy (non-hydrogen) atoms. The van der Waals surface area contributed by atoms with Crippen molar-refractivity contribution in [2.75, 3.05) is 19.5 Å². The maximum absolute atomic E-state index is 12.6. The Labute approximate surface area is 143 Å². The molecule has 2 rings (SSSR count). The topological polar surface area (TPSA) is 31.2 Å². The fourth-order valence-electron chi connectivity index (χ4n) is 2.99. The summed E-state index contributed by atoms with van der Waals surface area (Å²) in [5.74, 6) is 0.646. The van der Waals surface area contributed by atoms with Crippen molar-refractivity contribution in [3.8, 4) is 0 Å². The summed E-state index contributed by atoms with van der Waals surface area (Å²) in [6, 6.07) is 10.5. The number of thioether (sulfide) groups is 1. The summed E-state index contributed by atoms with van der Waals surface area (Å²) < 4.78 is 7.43. The molecule has 0 amide bonds. The number of aryl methyl sites for hydroxylation is 2. The molecule has 0 spiro atoms. The van der Waals surface area contributed by atoms with Crippen LogP contribution in [-0.2, 0) is 4.74 Å². The van der Waals surface area contributed by atoms with Crippen molar-refractivity contribution in [2.24, 2.45) is 0 Å². The molecule has 1 aromatic carbocycles. The maximum atomic E-state index is 12.6. The quantitative estimate of drug-likeness (QED) is 0.549. The van der Waals surface area contributed by atoms with Gasteiger partial charge >= 0.3 is 0 Å². The molecule has 0 fully saturated rings. The lowest BCUT2D eigenvalue weighted by Crippen LogP contribution is -2.14.